The number of aryl methyl sites for hydroxylation is 1. The van der Waals surface area contributed by atoms with E-state index in [-0.39, 0.29) is 15.6 Å². The van der Waals surface area contributed by atoms with Crippen LogP contribution in [0.3, 0.4) is 0 Å². The molecule has 0 fully saturated rings. The zero-order chi connectivity index (χ0) is 24.0. The Kier molecular flexibility index (Phi) is 8.53. The average molecular weight is 489 g/mol. The molecule has 0 bridgehead atoms. The summed E-state index contributed by atoms with van der Waals surface area (Å²) in [5, 5.41) is 19.3. The Bertz CT molecular complexity index is 1130. The van der Waals surface area contributed by atoms with Crippen molar-refractivity contribution >= 4 is 35.1 Å². The van der Waals surface area contributed by atoms with E-state index in [0.29, 0.717) is 24.9 Å². The number of carboxylic acid groups (broad SMARTS) is 2. The van der Waals surface area contributed by atoms with Crippen LogP contribution in [0.2, 0.25) is 10.0 Å². The third-order valence-electron chi connectivity index (χ3n) is 5.63. The Labute approximate surface area is 202 Å². The number of rotatable bonds is 11. The van der Waals surface area contributed by atoms with Gasteiger partial charge in [-0.1, -0.05) is 72.9 Å². The molecule has 0 aliphatic rings. The van der Waals surface area contributed by atoms with E-state index in [1.54, 1.807) is 12.3 Å². The van der Waals surface area contributed by atoms with Gasteiger partial charge >= 0.3 is 11.9 Å². The van der Waals surface area contributed by atoms with Crippen molar-refractivity contribution in [3.8, 4) is 0 Å². The van der Waals surface area contributed by atoms with Crippen LogP contribution in [0.25, 0.3) is 0 Å². The van der Waals surface area contributed by atoms with Crippen LogP contribution in [0.5, 0.6) is 0 Å². The SMILES string of the molecule is CCCCc1ncc(CC(Cc2ccccc2)C(=O)O)n1Cc1ccc(C(=O)O)c(Cl)c1Cl. The predicted molar refractivity (Wildman–Crippen MR) is 128 cm³/mol. The fourth-order valence-electron chi connectivity index (χ4n) is 3.79. The number of hydrogen-bond acceptors (Lipinski definition) is 3. The molecule has 0 aliphatic carbocycles. The van der Waals surface area contributed by atoms with Crippen molar-refractivity contribution in [2.24, 2.45) is 5.92 Å². The molecule has 2 N–H and O–H groups in total. The van der Waals surface area contributed by atoms with Gasteiger partial charge in [-0.15, -0.1) is 0 Å². The molecule has 3 rings (SSSR count). The number of unbranched alkanes of at least 4 members (excludes halogenated alkanes) is 1. The highest BCUT2D eigenvalue weighted by Gasteiger charge is 2.23. The van der Waals surface area contributed by atoms with Gasteiger partial charge in [-0.2, -0.15) is 0 Å². The first-order valence-corrected chi connectivity index (χ1v) is 11.6. The Hall–Kier alpha value is -2.83. The average Bonchev–Trinajstić information content (AvgIpc) is 3.16. The molecule has 1 heterocycles. The largest absolute Gasteiger partial charge is 0.481 e. The zero-order valence-corrected chi connectivity index (χ0v) is 19.8. The van der Waals surface area contributed by atoms with E-state index in [0.717, 1.165) is 36.3 Å². The van der Waals surface area contributed by atoms with Crippen LogP contribution in [-0.4, -0.2) is 31.7 Å². The molecule has 1 aromatic heterocycles. The molecule has 3 aromatic rings. The second-order valence-corrected chi connectivity index (χ2v) is 8.75. The summed E-state index contributed by atoms with van der Waals surface area (Å²) >= 11 is 12.6. The van der Waals surface area contributed by atoms with Gasteiger partial charge in [0.2, 0.25) is 0 Å². The van der Waals surface area contributed by atoms with Crippen molar-refractivity contribution < 1.29 is 19.8 Å². The second-order valence-electron chi connectivity index (χ2n) is 7.99. The van der Waals surface area contributed by atoms with Crippen molar-refractivity contribution in [1.82, 2.24) is 9.55 Å². The molecule has 2 aromatic carbocycles. The van der Waals surface area contributed by atoms with E-state index in [1.165, 1.54) is 6.07 Å². The topological polar surface area (TPSA) is 92.4 Å². The fraction of sp³-hybridized carbons (Fsp3) is 0.320. The molecule has 174 valence electrons. The summed E-state index contributed by atoms with van der Waals surface area (Å²) in [5.41, 5.74) is 2.34. The van der Waals surface area contributed by atoms with Crippen LogP contribution in [0, 0.1) is 5.92 Å². The maximum atomic E-state index is 12.0. The summed E-state index contributed by atoms with van der Waals surface area (Å²) in [6.07, 6.45) is 5.12. The first kappa shape index (κ1) is 24.8. The molecule has 8 heteroatoms. The first-order chi connectivity index (χ1) is 15.8. The van der Waals surface area contributed by atoms with E-state index in [1.807, 2.05) is 34.9 Å². The molecule has 1 atom stereocenters. The van der Waals surface area contributed by atoms with Crippen LogP contribution in [0.15, 0.2) is 48.7 Å². The van der Waals surface area contributed by atoms with Gasteiger partial charge in [0.15, 0.2) is 0 Å². The summed E-state index contributed by atoms with van der Waals surface area (Å²) in [5.74, 6) is -1.79. The monoisotopic (exact) mass is 488 g/mol. The molecule has 0 radical (unpaired) electrons. The molecule has 0 saturated carbocycles. The lowest BCUT2D eigenvalue weighted by Crippen LogP contribution is -2.21. The van der Waals surface area contributed by atoms with E-state index >= 15 is 0 Å². The number of benzene rings is 2. The molecule has 33 heavy (non-hydrogen) atoms. The van der Waals surface area contributed by atoms with E-state index in [9.17, 15) is 19.8 Å². The standard InChI is InChI=1S/C25H26Cl2N2O4/c1-2-3-9-21-28-14-19(13-18(24(30)31)12-16-7-5-4-6-8-16)29(21)15-17-10-11-20(25(32)33)23(27)22(17)26/h4-8,10-11,14,18H,2-3,9,12-13,15H2,1H3,(H,30,31)(H,32,33). The lowest BCUT2D eigenvalue weighted by Gasteiger charge is -2.17. The van der Waals surface area contributed by atoms with E-state index in [2.05, 4.69) is 11.9 Å². The van der Waals surface area contributed by atoms with Gasteiger partial charge in [-0.3, -0.25) is 4.79 Å². The number of nitrogens with zero attached hydrogens (tertiary/aromatic N) is 2. The molecule has 1 unspecified atom stereocenters. The quantitative estimate of drug-likeness (QED) is 0.357. The van der Waals surface area contributed by atoms with Gasteiger partial charge in [-0.05, 0) is 30.0 Å². The van der Waals surface area contributed by atoms with Crippen molar-refractivity contribution in [3.05, 3.63) is 86.9 Å². The molecular weight excluding hydrogens is 463 g/mol. The maximum Gasteiger partial charge on any atom is 0.337 e. The summed E-state index contributed by atoms with van der Waals surface area (Å²) in [7, 11) is 0. The molecule has 0 spiro atoms. The Morgan fingerprint density at radius 2 is 1.76 bits per heavy atom. The van der Waals surface area contributed by atoms with Gasteiger partial charge < -0.3 is 14.8 Å². The molecule has 0 aliphatic heterocycles. The second kappa shape index (κ2) is 11.3. The van der Waals surface area contributed by atoms with Crippen molar-refractivity contribution in [3.63, 3.8) is 0 Å². The van der Waals surface area contributed by atoms with Gasteiger partial charge in [0.05, 0.1) is 28.1 Å². The summed E-state index contributed by atoms with van der Waals surface area (Å²) in [6, 6.07) is 12.6. The Balaban J connectivity index is 1.93. The van der Waals surface area contributed by atoms with Crippen molar-refractivity contribution in [2.75, 3.05) is 0 Å². The van der Waals surface area contributed by atoms with Crippen molar-refractivity contribution in [1.29, 1.82) is 0 Å². The molecule has 6 nitrogen and oxygen atoms in total. The molecule has 0 saturated heterocycles. The van der Waals surface area contributed by atoms with E-state index < -0.39 is 17.9 Å². The Morgan fingerprint density at radius 3 is 2.39 bits per heavy atom. The van der Waals surface area contributed by atoms with Gasteiger partial charge in [0.25, 0.3) is 0 Å². The number of aromatic nitrogens is 2. The minimum atomic E-state index is -1.15. The van der Waals surface area contributed by atoms with Gasteiger partial charge in [-0.25, -0.2) is 9.78 Å². The maximum absolute atomic E-state index is 12.0. The highest BCUT2D eigenvalue weighted by molar-refractivity contribution is 6.44. The van der Waals surface area contributed by atoms with Crippen LogP contribution in [0.4, 0.5) is 0 Å². The van der Waals surface area contributed by atoms with Crippen LogP contribution in [-0.2, 0) is 30.6 Å². The third kappa shape index (κ3) is 6.15. The predicted octanol–water partition coefficient (Wildman–Crippen LogP) is 5.77. The van der Waals surface area contributed by atoms with Crippen molar-refractivity contribution in [2.45, 2.75) is 45.6 Å². The lowest BCUT2D eigenvalue weighted by molar-refractivity contribution is -0.141. The minimum absolute atomic E-state index is 0.00840. The van der Waals surface area contributed by atoms with Crippen LogP contribution in [0.1, 0.15) is 52.8 Å². The Morgan fingerprint density at radius 1 is 1.03 bits per heavy atom. The minimum Gasteiger partial charge on any atom is -0.481 e. The van der Waals surface area contributed by atoms with Crippen LogP contribution < -0.4 is 0 Å². The number of aliphatic carboxylic acids is 1. The number of carboxylic acids is 2. The summed E-state index contributed by atoms with van der Waals surface area (Å²) in [6.45, 7) is 2.42. The van der Waals surface area contributed by atoms with E-state index in [4.69, 9.17) is 23.2 Å². The summed E-state index contributed by atoms with van der Waals surface area (Å²) < 4.78 is 1.98. The number of imidazole rings is 1. The van der Waals surface area contributed by atoms with Gasteiger partial charge in [0, 0.05) is 24.7 Å². The highest BCUT2D eigenvalue weighted by atomic mass is 35.5. The fourth-order valence-corrected chi connectivity index (χ4v) is 4.28. The normalized spacial score (nSPS) is 12.0. The number of halogens is 2. The molecule has 0 amide bonds. The highest BCUT2D eigenvalue weighted by Crippen LogP contribution is 2.31. The third-order valence-corrected chi connectivity index (χ3v) is 6.55. The number of hydrogen-bond donors (Lipinski definition) is 2. The smallest absolute Gasteiger partial charge is 0.337 e. The lowest BCUT2D eigenvalue weighted by atomic mass is 9.95. The number of carbonyl (C=O) groups is 2. The first-order valence-electron chi connectivity index (χ1n) is 10.8. The molecular formula is C25H26Cl2N2O4. The van der Waals surface area contributed by atoms with Crippen LogP contribution >= 0.6 is 23.2 Å². The summed E-state index contributed by atoms with van der Waals surface area (Å²) in [4.78, 5) is 27.9. The van der Waals surface area contributed by atoms with Gasteiger partial charge in [0.1, 0.15) is 5.82 Å². The number of aromatic carboxylic acids is 1. The zero-order valence-electron chi connectivity index (χ0n) is 18.3.